The Morgan fingerprint density at radius 3 is 2.84 bits per heavy atom. The van der Waals surface area contributed by atoms with Crippen LogP contribution in [-0.4, -0.2) is 20.6 Å². The Hall–Kier alpha value is -2.74. The molecule has 32 heavy (non-hydrogen) atoms. The average molecular weight is 452 g/mol. The average Bonchev–Trinajstić information content (AvgIpc) is 3.14. The van der Waals surface area contributed by atoms with Gasteiger partial charge in [0.15, 0.2) is 5.60 Å². The summed E-state index contributed by atoms with van der Waals surface area (Å²) in [6.45, 7) is 3.91. The Bertz CT molecular complexity index is 1440. The van der Waals surface area contributed by atoms with Crippen molar-refractivity contribution >= 4 is 28.5 Å². The lowest BCUT2D eigenvalue weighted by atomic mass is 9.82. The molecule has 4 heterocycles. The summed E-state index contributed by atoms with van der Waals surface area (Å²) in [4.78, 5) is 30.7. The number of cyclic esters (lactones) is 1. The van der Waals surface area contributed by atoms with Crippen LogP contribution in [0.1, 0.15) is 59.2 Å². The largest absolute Gasteiger partial charge is 0.458 e. The van der Waals surface area contributed by atoms with Gasteiger partial charge in [-0.1, -0.05) is 18.5 Å². The van der Waals surface area contributed by atoms with E-state index >= 15 is 0 Å². The lowest BCUT2D eigenvalue weighted by molar-refractivity contribution is -0.172. The van der Waals surface area contributed by atoms with Crippen LogP contribution in [0.15, 0.2) is 16.9 Å². The third-order valence-corrected chi connectivity index (χ3v) is 7.82. The number of halogens is 1. The van der Waals surface area contributed by atoms with Crippen molar-refractivity contribution < 1.29 is 14.6 Å². The molecule has 2 aliphatic heterocycles. The number of esters is 1. The summed E-state index contributed by atoms with van der Waals surface area (Å²) in [5.74, 6) is -0.731. The topological polar surface area (TPSA) is 107 Å². The summed E-state index contributed by atoms with van der Waals surface area (Å²) in [6, 6.07) is 3.42. The number of aliphatic hydroxyl groups is 1. The molecule has 0 radical (unpaired) electrons. The van der Waals surface area contributed by atoms with E-state index in [0.29, 0.717) is 34.1 Å². The fourth-order valence-corrected chi connectivity index (χ4v) is 5.81. The first-order valence-electron chi connectivity index (χ1n) is 10.8. The van der Waals surface area contributed by atoms with E-state index in [9.17, 15) is 14.7 Å². The number of fused-ring (bicyclic) bond motifs is 5. The van der Waals surface area contributed by atoms with Crippen LogP contribution in [0.3, 0.4) is 0 Å². The summed E-state index contributed by atoms with van der Waals surface area (Å²) in [5, 5.41) is 12.7. The highest BCUT2D eigenvalue weighted by atomic mass is 35.5. The third-order valence-electron chi connectivity index (χ3n) is 7.42. The summed E-state index contributed by atoms with van der Waals surface area (Å²) in [5.41, 5.74) is 11.2. The molecule has 0 unspecified atom stereocenters. The maximum atomic E-state index is 13.4. The highest BCUT2D eigenvalue weighted by molar-refractivity contribution is 6.32. The quantitative estimate of drug-likeness (QED) is 0.431. The lowest BCUT2D eigenvalue weighted by Gasteiger charge is -2.31. The van der Waals surface area contributed by atoms with Crippen molar-refractivity contribution in [1.82, 2.24) is 9.55 Å². The van der Waals surface area contributed by atoms with Gasteiger partial charge in [0.25, 0.3) is 5.56 Å². The van der Waals surface area contributed by atoms with Gasteiger partial charge in [0.05, 0.1) is 29.0 Å². The van der Waals surface area contributed by atoms with Gasteiger partial charge >= 0.3 is 5.97 Å². The molecular weight excluding hydrogens is 430 g/mol. The van der Waals surface area contributed by atoms with Crippen molar-refractivity contribution in [2.45, 2.75) is 57.9 Å². The molecule has 0 saturated carbocycles. The third kappa shape index (κ3) is 2.31. The molecule has 1 aromatic carbocycles. The van der Waals surface area contributed by atoms with E-state index in [1.807, 2.05) is 13.0 Å². The summed E-state index contributed by atoms with van der Waals surface area (Å²) in [7, 11) is 0. The van der Waals surface area contributed by atoms with E-state index in [0.717, 1.165) is 40.4 Å². The zero-order valence-electron chi connectivity index (χ0n) is 17.8. The normalized spacial score (nSPS) is 23.0. The van der Waals surface area contributed by atoms with E-state index in [-0.39, 0.29) is 24.6 Å². The fraction of sp³-hybridized carbons (Fsp3) is 0.375. The number of aromatic nitrogens is 2. The number of aryl methyl sites for hydroxylation is 1. The second-order valence-corrected chi connectivity index (χ2v) is 9.36. The minimum Gasteiger partial charge on any atom is -0.458 e. The second kappa shape index (κ2) is 6.41. The van der Waals surface area contributed by atoms with E-state index < -0.39 is 11.6 Å². The number of benzene rings is 1. The Balaban J connectivity index is 1.70. The van der Waals surface area contributed by atoms with Gasteiger partial charge in [0.1, 0.15) is 6.61 Å². The van der Waals surface area contributed by atoms with E-state index in [1.165, 1.54) is 5.56 Å². The summed E-state index contributed by atoms with van der Waals surface area (Å²) < 4.78 is 6.80. The second-order valence-electron chi connectivity index (χ2n) is 8.96. The molecule has 6 rings (SSSR count). The molecule has 2 atom stereocenters. The molecule has 3 aliphatic rings. The highest BCUT2D eigenvalue weighted by Gasteiger charge is 2.45. The number of carbonyl (C=O) groups excluding carboxylic acids is 1. The molecule has 0 saturated heterocycles. The van der Waals surface area contributed by atoms with Crippen molar-refractivity contribution in [2.75, 3.05) is 0 Å². The first kappa shape index (κ1) is 19.9. The molecule has 0 fully saturated rings. The molecule has 2 aromatic heterocycles. The lowest BCUT2D eigenvalue weighted by Crippen LogP contribution is -2.44. The molecule has 3 N–H and O–H groups in total. The van der Waals surface area contributed by atoms with Crippen LogP contribution in [0.4, 0.5) is 0 Å². The molecule has 8 heteroatoms. The Morgan fingerprint density at radius 1 is 1.31 bits per heavy atom. The van der Waals surface area contributed by atoms with Crippen LogP contribution in [0, 0.1) is 6.92 Å². The van der Waals surface area contributed by atoms with Crippen molar-refractivity contribution in [3.8, 4) is 11.4 Å². The minimum atomic E-state index is -1.85. The van der Waals surface area contributed by atoms with Crippen LogP contribution < -0.4 is 11.3 Å². The maximum absolute atomic E-state index is 13.4. The van der Waals surface area contributed by atoms with Crippen LogP contribution in [0.5, 0.6) is 0 Å². The Kier molecular flexibility index (Phi) is 3.98. The number of nitrogens with two attached hydrogens (primary N) is 1. The Morgan fingerprint density at radius 2 is 2.09 bits per heavy atom. The molecule has 7 nitrogen and oxygen atoms in total. The molecule has 0 amide bonds. The minimum absolute atomic E-state index is 0.105. The number of nitrogens with zero attached hydrogens (tertiary/aromatic N) is 2. The zero-order chi connectivity index (χ0) is 22.5. The molecule has 3 aromatic rings. The van der Waals surface area contributed by atoms with E-state index in [1.54, 1.807) is 17.6 Å². The van der Waals surface area contributed by atoms with E-state index in [4.69, 9.17) is 27.1 Å². The number of hydrogen-bond acceptors (Lipinski definition) is 6. The zero-order valence-corrected chi connectivity index (χ0v) is 18.5. The van der Waals surface area contributed by atoms with E-state index in [2.05, 4.69) is 0 Å². The van der Waals surface area contributed by atoms with Crippen molar-refractivity contribution in [3.63, 3.8) is 0 Å². The maximum Gasteiger partial charge on any atom is 0.343 e. The summed E-state index contributed by atoms with van der Waals surface area (Å²) in [6.07, 6.45) is 1.73. The standard InChI is InChI=1S/C24H22ClN3O4/c1-3-24(31)14-6-18-21-12(8-28(18)22(29)13(14)9-32-23(24)30)19-16(26)5-4-11-10(2)15(25)7-17(27-21)20(11)19/h6-7,16,31H,3-5,8-9,26H2,1-2H3/t16-,24+/m1/s1. The first-order valence-corrected chi connectivity index (χ1v) is 11.2. The monoisotopic (exact) mass is 451 g/mol. The molecule has 0 bridgehead atoms. The van der Waals surface area contributed by atoms with Crippen LogP contribution >= 0.6 is 11.6 Å². The first-order chi connectivity index (χ1) is 15.3. The molecular formula is C24H22ClN3O4. The number of pyridine rings is 2. The van der Waals surface area contributed by atoms with Gasteiger partial charge in [-0.2, -0.15) is 0 Å². The van der Waals surface area contributed by atoms with Crippen LogP contribution in [-0.2, 0) is 34.7 Å². The van der Waals surface area contributed by atoms with Gasteiger partial charge in [-0.05, 0) is 55.0 Å². The summed E-state index contributed by atoms with van der Waals surface area (Å²) >= 11 is 6.52. The van der Waals surface area contributed by atoms with Crippen LogP contribution in [0.25, 0.3) is 22.3 Å². The van der Waals surface area contributed by atoms with Gasteiger partial charge in [-0.15, -0.1) is 0 Å². The molecule has 164 valence electrons. The van der Waals surface area contributed by atoms with Crippen LogP contribution in [0.2, 0.25) is 5.02 Å². The number of carbonyl (C=O) groups is 1. The Labute approximate surface area is 188 Å². The fourth-order valence-electron chi connectivity index (χ4n) is 5.59. The van der Waals surface area contributed by atoms with Crippen molar-refractivity contribution in [3.05, 3.63) is 60.9 Å². The number of ether oxygens (including phenoxy) is 1. The highest BCUT2D eigenvalue weighted by Crippen LogP contribution is 2.45. The van der Waals surface area contributed by atoms with Gasteiger partial charge in [-0.25, -0.2) is 9.78 Å². The SMILES string of the molecule is CC[C@@]1(O)C(=O)OCc2c1cc1n(c2=O)Cc2c-1nc1cc(Cl)c(C)c3c1c2[C@H](N)CC3. The molecule has 1 aliphatic carbocycles. The number of rotatable bonds is 1. The smallest absolute Gasteiger partial charge is 0.343 e. The van der Waals surface area contributed by atoms with Gasteiger partial charge in [0, 0.05) is 27.6 Å². The number of hydrogen-bond donors (Lipinski definition) is 2. The van der Waals surface area contributed by atoms with Gasteiger partial charge < -0.3 is 20.1 Å². The van der Waals surface area contributed by atoms with Crippen molar-refractivity contribution in [2.24, 2.45) is 5.73 Å². The predicted molar refractivity (Wildman–Crippen MR) is 120 cm³/mol. The molecule has 0 spiro atoms. The van der Waals surface area contributed by atoms with Gasteiger partial charge in [-0.3, -0.25) is 4.79 Å². The predicted octanol–water partition coefficient (Wildman–Crippen LogP) is 2.99. The van der Waals surface area contributed by atoms with Crippen molar-refractivity contribution in [1.29, 1.82) is 0 Å². The van der Waals surface area contributed by atoms with Gasteiger partial charge in [0.2, 0.25) is 0 Å².